The first-order chi connectivity index (χ1) is 5.44. The summed E-state index contributed by atoms with van der Waals surface area (Å²) in [5.74, 6) is 0. The van der Waals surface area contributed by atoms with Crippen LogP contribution in [0.25, 0.3) is 0 Å². The summed E-state index contributed by atoms with van der Waals surface area (Å²) >= 11 is 0. The average molecular weight is 217 g/mol. The van der Waals surface area contributed by atoms with Gasteiger partial charge in [-0.3, -0.25) is 0 Å². The van der Waals surface area contributed by atoms with Crippen molar-refractivity contribution in [2.75, 3.05) is 0 Å². The Bertz CT molecular complexity index is 173. The maximum absolute atomic E-state index is 2.60. The molecule has 0 unspecified atom stereocenters. The Morgan fingerprint density at radius 3 is 1.23 bits per heavy atom. The Morgan fingerprint density at radius 1 is 0.846 bits per heavy atom. The van der Waals surface area contributed by atoms with Crippen LogP contribution in [0, 0.1) is 0 Å². The number of hydrogen-bond acceptors (Lipinski definition) is 0. The van der Waals surface area contributed by atoms with E-state index in [1.807, 2.05) is 0 Å². The second kappa shape index (κ2) is 3.54. The van der Waals surface area contributed by atoms with Gasteiger partial charge in [0.25, 0.3) is 0 Å². The van der Waals surface area contributed by atoms with Crippen LogP contribution >= 0.6 is 0 Å². The fourth-order valence-electron chi connectivity index (χ4n) is 1.69. The van der Waals surface area contributed by atoms with Gasteiger partial charge in [0.05, 0.1) is 0 Å². The highest BCUT2D eigenvalue weighted by Gasteiger charge is 2.49. The zero-order valence-electron chi connectivity index (χ0n) is 11.1. The Morgan fingerprint density at radius 2 is 1.15 bits per heavy atom. The van der Waals surface area contributed by atoms with E-state index in [9.17, 15) is 0 Å². The minimum atomic E-state index is -1.06. The van der Waals surface area contributed by atoms with Gasteiger partial charge in [0.2, 0.25) is 0 Å². The van der Waals surface area contributed by atoms with E-state index in [-0.39, 0.29) is 0 Å². The third-order valence-corrected chi connectivity index (χ3v) is 28.4. The lowest BCUT2D eigenvalue weighted by atomic mass is 10.2. The van der Waals surface area contributed by atoms with Crippen molar-refractivity contribution in [2.24, 2.45) is 0 Å². The van der Waals surface area contributed by atoms with Crippen LogP contribution in [-0.2, 0) is 0 Å². The molecule has 0 bridgehead atoms. The van der Waals surface area contributed by atoms with Gasteiger partial charge in [-0.2, -0.15) is 0 Å². The van der Waals surface area contributed by atoms with Gasteiger partial charge >= 0.3 is 0 Å². The quantitative estimate of drug-likeness (QED) is 0.587. The molecule has 0 atom stereocenters. The van der Waals surface area contributed by atoms with Crippen LogP contribution in [0.4, 0.5) is 0 Å². The van der Waals surface area contributed by atoms with Crippen LogP contribution in [0.3, 0.4) is 0 Å². The molecule has 13 heavy (non-hydrogen) atoms. The lowest BCUT2D eigenvalue weighted by molar-refractivity contribution is 0.730. The highest BCUT2D eigenvalue weighted by Crippen LogP contribution is 2.45. The van der Waals surface area contributed by atoms with Crippen molar-refractivity contribution in [1.29, 1.82) is 0 Å². The van der Waals surface area contributed by atoms with Gasteiger partial charge in [-0.1, -0.05) is 66.3 Å². The van der Waals surface area contributed by atoms with Gasteiger partial charge in [-0.05, 0) is 5.04 Å². The molecule has 0 radical (unpaired) electrons. The molecule has 0 aliphatic carbocycles. The molecule has 0 N–H and O–H groups in total. The van der Waals surface area contributed by atoms with Crippen molar-refractivity contribution < 1.29 is 0 Å². The van der Waals surface area contributed by atoms with Gasteiger partial charge < -0.3 is 0 Å². The van der Waals surface area contributed by atoms with Crippen molar-refractivity contribution in [3.05, 3.63) is 0 Å². The maximum Gasteiger partial charge on any atom is 0.0468 e. The van der Waals surface area contributed by atoms with Crippen molar-refractivity contribution in [3.63, 3.8) is 0 Å². The maximum atomic E-state index is 2.60. The van der Waals surface area contributed by atoms with Crippen LogP contribution in [0.1, 0.15) is 34.6 Å². The third-order valence-electron chi connectivity index (χ3n) is 4.93. The number of hydrogen-bond donors (Lipinski definition) is 0. The molecular weight excluding hydrogens is 188 g/mol. The van der Waals surface area contributed by atoms with Gasteiger partial charge in [-0.15, -0.1) is 0 Å². The summed E-state index contributed by atoms with van der Waals surface area (Å²) < 4.78 is 0. The molecule has 2 heteroatoms. The van der Waals surface area contributed by atoms with E-state index in [2.05, 4.69) is 60.8 Å². The second-order valence-corrected chi connectivity index (χ2v) is 23.7. The van der Waals surface area contributed by atoms with Crippen molar-refractivity contribution in [1.82, 2.24) is 0 Å². The molecule has 0 heterocycles. The summed E-state index contributed by atoms with van der Waals surface area (Å²) in [5.41, 5.74) is 0.924. The molecule has 0 aliphatic heterocycles. The van der Waals surface area contributed by atoms with Crippen molar-refractivity contribution >= 4 is 15.2 Å². The smallest absolute Gasteiger partial charge is 0.0468 e. The normalized spacial score (nSPS) is 15.2. The summed E-state index contributed by atoms with van der Waals surface area (Å²) in [6.45, 7) is 22.5. The molecule has 0 rings (SSSR count). The fourth-order valence-corrected chi connectivity index (χ4v) is 15.2. The Labute approximate surface area is 86.9 Å². The van der Waals surface area contributed by atoms with E-state index < -0.39 is 15.2 Å². The molecule has 0 aromatic rings. The molecule has 0 saturated carbocycles. The first kappa shape index (κ1) is 13.4. The highest BCUT2D eigenvalue weighted by molar-refractivity contribution is 7.42. The minimum absolute atomic E-state index is 0.562. The monoisotopic (exact) mass is 216 g/mol. The van der Waals surface area contributed by atoms with Crippen LogP contribution in [0.15, 0.2) is 0 Å². The third kappa shape index (κ3) is 2.27. The van der Waals surface area contributed by atoms with E-state index >= 15 is 0 Å². The zero-order valence-corrected chi connectivity index (χ0v) is 13.1. The first-order valence-corrected chi connectivity index (χ1v) is 12.5. The first-order valence-electron chi connectivity index (χ1n) is 5.44. The van der Waals surface area contributed by atoms with E-state index in [1.54, 1.807) is 0 Å². The summed E-state index contributed by atoms with van der Waals surface area (Å²) in [6.07, 6.45) is 0. The van der Waals surface area contributed by atoms with Crippen molar-refractivity contribution in [2.45, 2.75) is 71.4 Å². The standard InChI is InChI=1S/C11H28Si2/c1-10(2)12(6,7)13(8,9)11(3,4)5/h10H,1-9H3. The molecule has 0 aromatic carbocycles. The topological polar surface area (TPSA) is 0 Å². The largest absolute Gasteiger partial charge is 0.0711 e. The lowest BCUT2D eigenvalue weighted by Crippen LogP contribution is -2.61. The van der Waals surface area contributed by atoms with Gasteiger partial charge in [-0.25, -0.2) is 0 Å². The van der Waals surface area contributed by atoms with Crippen LogP contribution in [-0.4, -0.2) is 15.2 Å². The Hall–Kier alpha value is 0.434. The summed E-state index contributed by atoms with van der Waals surface area (Å²) in [7, 11) is -2.06. The molecule has 80 valence electrons. The highest BCUT2D eigenvalue weighted by atomic mass is 29.3. The average Bonchev–Trinajstić information content (AvgIpc) is 1.84. The molecule has 0 aromatic heterocycles. The lowest BCUT2D eigenvalue weighted by Gasteiger charge is -2.50. The molecule has 0 fully saturated rings. The molecular formula is C11H28Si2. The van der Waals surface area contributed by atoms with Crippen LogP contribution in [0.2, 0.25) is 36.8 Å². The molecule has 0 saturated heterocycles. The summed E-state index contributed by atoms with van der Waals surface area (Å²) in [6, 6.07) is 0. The summed E-state index contributed by atoms with van der Waals surface area (Å²) in [4.78, 5) is 0. The Kier molecular flexibility index (Phi) is 3.66. The van der Waals surface area contributed by atoms with Crippen LogP contribution < -0.4 is 0 Å². The van der Waals surface area contributed by atoms with Crippen molar-refractivity contribution in [3.8, 4) is 0 Å². The van der Waals surface area contributed by atoms with Gasteiger partial charge in [0.1, 0.15) is 0 Å². The molecule has 0 spiro atoms. The molecule has 0 amide bonds. The predicted octanol–water partition coefficient (Wildman–Crippen LogP) is 4.69. The summed E-state index contributed by atoms with van der Waals surface area (Å²) in [5, 5.41) is 0.562. The number of rotatable bonds is 2. The van der Waals surface area contributed by atoms with E-state index in [0.29, 0.717) is 5.04 Å². The van der Waals surface area contributed by atoms with Crippen LogP contribution in [0.5, 0.6) is 0 Å². The predicted molar refractivity (Wildman–Crippen MR) is 69.8 cm³/mol. The van der Waals surface area contributed by atoms with Gasteiger partial charge in [0.15, 0.2) is 0 Å². The van der Waals surface area contributed by atoms with Gasteiger partial charge in [0, 0.05) is 15.2 Å². The Balaban J connectivity index is 5.04. The minimum Gasteiger partial charge on any atom is -0.0711 e. The molecule has 0 aliphatic rings. The van der Waals surface area contributed by atoms with E-state index in [1.165, 1.54) is 0 Å². The second-order valence-electron chi connectivity index (χ2n) is 6.75. The zero-order chi connectivity index (χ0) is 11.1. The fraction of sp³-hybridized carbons (Fsp3) is 1.00. The SMILES string of the molecule is CC(C)[Si](C)(C)[Si](C)(C)C(C)(C)C. The van der Waals surface area contributed by atoms with E-state index in [4.69, 9.17) is 0 Å². The molecule has 0 nitrogen and oxygen atoms in total. The van der Waals surface area contributed by atoms with E-state index in [0.717, 1.165) is 5.54 Å².